The van der Waals surface area contributed by atoms with Crippen molar-refractivity contribution in [3.8, 4) is 34.5 Å². The zero-order valence-corrected chi connectivity index (χ0v) is 11.2. The van der Waals surface area contributed by atoms with Gasteiger partial charge in [0.1, 0.15) is 22.9 Å². The summed E-state index contributed by atoms with van der Waals surface area (Å²) in [6.07, 6.45) is 0. The molecule has 0 saturated heterocycles. The van der Waals surface area contributed by atoms with Gasteiger partial charge in [-0.15, -0.1) is 0 Å². The van der Waals surface area contributed by atoms with Gasteiger partial charge in [0, 0.05) is 12.1 Å². The number of carbonyl (C=O) groups is 1. The number of methoxy groups -OCH3 is 3. The molecule has 0 aliphatic heterocycles. The van der Waals surface area contributed by atoms with Gasteiger partial charge in [-0.3, -0.25) is 4.79 Å². The van der Waals surface area contributed by atoms with Crippen molar-refractivity contribution < 1.29 is 28.3 Å². The Morgan fingerprint density at radius 1 is 1.05 bits per heavy atom. The Morgan fingerprint density at radius 3 is 2.20 bits per heavy atom. The Kier molecular flexibility index (Phi) is 4.09. The van der Waals surface area contributed by atoms with Crippen molar-refractivity contribution in [2.75, 3.05) is 21.3 Å². The van der Waals surface area contributed by atoms with Gasteiger partial charge in [0.2, 0.25) is 0 Å². The predicted molar refractivity (Wildman–Crippen MR) is 68.3 cm³/mol. The molecule has 0 spiro atoms. The van der Waals surface area contributed by atoms with E-state index in [2.05, 4.69) is 9.89 Å². The molecule has 0 amide bonds. The van der Waals surface area contributed by atoms with Gasteiger partial charge in [-0.05, 0) is 0 Å². The second-order valence-corrected chi connectivity index (χ2v) is 3.65. The van der Waals surface area contributed by atoms with E-state index >= 15 is 0 Å². The lowest BCUT2D eigenvalue weighted by Crippen LogP contribution is -1.95. The van der Waals surface area contributed by atoms with Gasteiger partial charge in [0.25, 0.3) is 0 Å². The van der Waals surface area contributed by atoms with Crippen LogP contribution in [0.2, 0.25) is 0 Å². The second kappa shape index (κ2) is 5.96. The quantitative estimate of drug-likeness (QED) is 0.747. The fourth-order valence-electron chi connectivity index (χ4n) is 1.74. The maximum Gasteiger partial charge on any atom is 0.319 e. The van der Waals surface area contributed by atoms with Crippen LogP contribution in [-0.4, -0.2) is 33.0 Å². The molecule has 1 aromatic heterocycles. The first-order valence-electron chi connectivity index (χ1n) is 5.61. The SMILES string of the molecule is COc1cc(OC)c(-c2cc(OC=O)on2)c(OC)c1. The molecule has 106 valence electrons. The van der Waals surface area contributed by atoms with Crippen LogP contribution in [0, 0.1) is 0 Å². The van der Waals surface area contributed by atoms with Crippen molar-refractivity contribution in [2.45, 2.75) is 0 Å². The maximum atomic E-state index is 10.3. The molecule has 0 aliphatic rings. The van der Waals surface area contributed by atoms with Crippen LogP contribution in [0.15, 0.2) is 22.7 Å². The van der Waals surface area contributed by atoms with E-state index in [-0.39, 0.29) is 12.4 Å². The average molecular weight is 279 g/mol. The summed E-state index contributed by atoms with van der Waals surface area (Å²) in [4.78, 5) is 10.3. The monoisotopic (exact) mass is 279 g/mol. The molecule has 0 N–H and O–H groups in total. The van der Waals surface area contributed by atoms with Crippen LogP contribution in [0.1, 0.15) is 0 Å². The minimum Gasteiger partial charge on any atom is -0.496 e. The van der Waals surface area contributed by atoms with Crippen LogP contribution < -0.4 is 18.9 Å². The highest BCUT2D eigenvalue weighted by Crippen LogP contribution is 2.41. The number of hydrogen-bond donors (Lipinski definition) is 0. The smallest absolute Gasteiger partial charge is 0.319 e. The number of nitrogens with zero attached hydrogens (tertiary/aromatic N) is 1. The summed E-state index contributed by atoms with van der Waals surface area (Å²) >= 11 is 0. The topological polar surface area (TPSA) is 80.0 Å². The van der Waals surface area contributed by atoms with E-state index in [0.717, 1.165) is 0 Å². The van der Waals surface area contributed by atoms with Crippen molar-refractivity contribution in [3.05, 3.63) is 18.2 Å². The third-order valence-electron chi connectivity index (χ3n) is 2.62. The van der Waals surface area contributed by atoms with Crippen LogP contribution in [-0.2, 0) is 4.79 Å². The molecule has 7 heteroatoms. The van der Waals surface area contributed by atoms with Gasteiger partial charge in [-0.2, -0.15) is 0 Å². The van der Waals surface area contributed by atoms with Crippen molar-refractivity contribution in [1.82, 2.24) is 5.16 Å². The molecular formula is C13H13NO6. The molecular weight excluding hydrogens is 266 g/mol. The Balaban J connectivity index is 2.54. The fourth-order valence-corrected chi connectivity index (χ4v) is 1.74. The van der Waals surface area contributed by atoms with Crippen LogP contribution in [0.5, 0.6) is 23.2 Å². The standard InChI is InChI=1S/C13H13NO6/c1-16-8-4-10(17-2)13(11(5-8)18-3)9-6-12(19-7-15)20-14-9/h4-7H,1-3H3. The van der Waals surface area contributed by atoms with Crippen LogP contribution in [0.4, 0.5) is 0 Å². The molecule has 0 fully saturated rings. The summed E-state index contributed by atoms with van der Waals surface area (Å²) in [6.45, 7) is 0.257. The summed E-state index contributed by atoms with van der Waals surface area (Å²) in [5.74, 6) is 1.55. The van der Waals surface area contributed by atoms with E-state index in [9.17, 15) is 4.79 Å². The molecule has 1 heterocycles. The van der Waals surface area contributed by atoms with E-state index in [0.29, 0.717) is 28.5 Å². The number of hydrogen-bond acceptors (Lipinski definition) is 7. The van der Waals surface area contributed by atoms with E-state index in [1.54, 1.807) is 19.2 Å². The fraction of sp³-hybridized carbons (Fsp3) is 0.231. The normalized spacial score (nSPS) is 9.95. The van der Waals surface area contributed by atoms with Crippen molar-refractivity contribution in [3.63, 3.8) is 0 Å². The number of aromatic nitrogens is 1. The van der Waals surface area contributed by atoms with E-state index < -0.39 is 0 Å². The summed E-state index contributed by atoms with van der Waals surface area (Å²) in [5, 5.41) is 3.82. The highest BCUT2D eigenvalue weighted by Gasteiger charge is 2.19. The molecule has 2 rings (SSSR count). The van der Waals surface area contributed by atoms with Gasteiger partial charge in [0.05, 0.1) is 33.0 Å². The molecule has 0 saturated carbocycles. The number of carbonyl (C=O) groups excluding carboxylic acids is 1. The van der Waals surface area contributed by atoms with E-state index in [1.807, 2.05) is 0 Å². The summed E-state index contributed by atoms with van der Waals surface area (Å²) in [5.41, 5.74) is 0.985. The first kappa shape index (κ1) is 13.7. The Labute approximate surface area is 115 Å². The van der Waals surface area contributed by atoms with Crippen molar-refractivity contribution in [2.24, 2.45) is 0 Å². The second-order valence-electron chi connectivity index (χ2n) is 3.65. The number of benzene rings is 1. The summed E-state index contributed by atoms with van der Waals surface area (Å²) in [6, 6.07) is 4.83. The first-order chi connectivity index (χ1) is 9.73. The summed E-state index contributed by atoms with van der Waals surface area (Å²) < 4.78 is 25.2. The van der Waals surface area contributed by atoms with Gasteiger partial charge in [0.15, 0.2) is 0 Å². The molecule has 20 heavy (non-hydrogen) atoms. The summed E-state index contributed by atoms with van der Waals surface area (Å²) in [7, 11) is 4.57. The largest absolute Gasteiger partial charge is 0.496 e. The molecule has 0 bridgehead atoms. The van der Waals surface area contributed by atoms with Crippen LogP contribution in [0.3, 0.4) is 0 Å². The van der Waals surface area contributed by atoms with E-state index in [1.165, 1.54) is 20.3 Å². The highest BCUT2D eigenvalue weighted by atomic mass is 16.6. The third-order valence-corrected chi connectivity index (χ3v) is 2.62. The van der Waals surface area contributed by atoms with Crippen molar-refractivity contribution >= 4 is 6.47 Å². The maximum absolute atomic E-state index is 10.3. The molecule has 0 atom stereocenters. The van der Waals surface area contributed by atoms with E-state index in [4.69, 9.17) is 18.7 Å². The Bertz CT molecular complexity index is 582. The molecule has 2 aromatic rings. The average Bonchev–Trinajstić information content (AvgIpc) is 2.94. The zero-order valence-electron chi connectivity index (χ0n) is 11.2. The minimum atomic E-state index is -0.0186. The van der Waals surface area contributed by atoms with Crippen molar-refractivity contribution in [1.29, 1.82) is 0 Å². The van der Waals surface area contributed by atoms with Crippen LogP contribution >= 0.6 is 0 Å². The minimum absolute atomic E-state index is 0.0186. The van der Waals surface area contributed by atoms with Gasteiger partial charge >= 0.3 is 12.4 Å². The molecule has 0 radical (unpaired) electrons. The van der Waals surface area contributed by atoms with Gasteiger partial charge in [-0.25, -0.2) is 0 Å². The Morgan fingerprint density at radius 2 is 1.70 bits per heavy atom. The van der Waals surface area contributed by atoms with Gasteiger partial charge in [-0.1, -0.05) is 5.16 Å². The molecule has 7 nitrogen and oxygen atoms in total. The lowest BCUT2D eigenvalue weighted by molar-refractivity contribution is -0.121. The predicted octanol–water partition coefficient (Wildman–Crippen LogP) is 1.90. The third kappa shape index (κ3) is 2.51. The zero-order chi connectivity index (χ0) is 14.5. The van der Waals surface area contributed by atoms with Gasteiger partial charge < -0.3 is 23.5 Å². The lowest BCUT2D eigenvalue weighted by Gasteiger charge is -2.12. The first-order valence-corrected chi connectivity index (χ1v) is 5.61. The molecule has 0 aliphatic carbocycles. The van der Waals surface area contributed by atoms with Crippen LogP contribution in [0.25, 0.3) is 11.3 Å². The lowest BCUT2D eigenvalue weighted by atomic mass is 10.1. The number of rotatable bonds is 6. The Hall–Kier alpha value is -2.70. The molecule has 0 unspecified atom stereocenters. The molecule has 1 aromatic carbocycles. The number of ether oxygens (including phenoxy) is 4. The highest BCUT2D eigenvalue weighted by molar-refractivity contribution is 5.76.